The van der Waals surface area contributed by atoms with Gasteiger partial charge in [0.25, 0.3) is 0 Å². The Bertz CT molecular complexity index is 459. The van der Waals surface area contributed by atoms with Crippen LogP contribution in [-0.2, 0) is 11.2 Å². The van der Waals surface area contributed by atoms with Crippen LogP contribution in [0.1, 0.15) is 5.69 Å². The van der Waals surface area contributed by atoms with E-state index in [4.69, 9.17) is 10.8 Å². The number of hydrogen-bond donors (Lipinski definition) is 2. The minimum Gasteiger partial charge on any atom is -0.480 e. The Balaban J connectivity index is 2.26. The lowest BCUT2D eigenvalue weighted by atomic mass is 10.2. The number of aromatic nitrogens is 2. The Labute approximate surface area is 86.2 Å². The molecule has 0 fully saturated rings. The average molecular weight is 205 g/mol. The van der Waals surface area contributed by atoms with E-state index in [0.717, 1.165) is 5.65 Å². The van der Waals surface area contributed by atoms with Crippen LogP contribution in [-0.4, -0.2) is 26.5 Å². The number of nitrogens with two attached hydrogens (primary N) is 1. The third-order valence-corrected chi connectivity index (χ3v) is 2.16. The Kier molecular flexibility index (Phi) is 2.39. The van der Waals surface area contributed by atoms with Crippen molar-refractivity contribution in [1.82, 2.24) is 9.38 Å². The molecular weight excluding hydrogens is 194 g/mol. The van der Waals surface area contributed by atoms with Gasteiger partial charge in [-0.2, -0.15) is 0 Å². The van der Waals surface area contributed by atoms with E-state index >= 15 is 0 Å². The molecule has 0 aliphatic rings. The van der Waals surface area contributed by atoms with E-state index in [2.05, 4.69) is 4.98 Å². The molecule has 1 atom stereocenters. The SMILES string of the molecule is NC(Cc1cn2ccccc2n1)C(=O)O. The quantitative estimate of drug-likeness (QED) is 0.754. The molecule has 5 heteroatoms. The maximum Gasteiger partial charge on any atom is 0.320 e. The highest BCUT2D eigenvalue weighted by Crippen LogP contribution is 2.06. The van der Waals surface area contributed by atoms with Crippen molar-refractivity contribution in [2.24, 2.45) is 5.73 Å². The van der Waals surface area contributed by atoms with Gasteiger partial charge in [0.05, 0.1) is 5.69 Å². The average Bonchev–Trinajstić information content (AvgIpc) is 2.59. The molecule has 3 N–H and O–H groups in total. The standard InChI is InChI=1S/C10H11N3O2/c11-8(10(14)15)5-7-6-13-4-2-1-3-9(13)12-7/h1-4,6,8H,5,11H2,(H,14,15). The normalized spacial score (nSPS) is 12.9. The van der Waals surface area contributed by atoms with E-state index in [1.807, 2.05) is 28.8 Å². The van der Waals surface area contributed by atoms with Crippen molar-refractivity contribution >= 4 is 11.6 Å². The van der Waals surface area contributed by atoms with Gasteiger partial charge in [0.15, 0.2) is 0 Å². The molecule has 0 aliphatic heterocycles. The van der Waals surface area contributed by atoms with E-state index in [1.54, 1.807) is 6.20 Å². The van der Waals surface area contributed by atoms with Crippen LogP contribution < -0.4 is 5.73 Å². The molecular formula is C10H11N3O2. The van der Waals surface area contributed by atoms with Crippen molar-refractivity contribution in [2.45, 2.75) is 12.5 Å². The van der Waals surface area contributed by atoms with Crippen LogP contribution in [0.25, 0.3) is 5.65 Å². The van der Waals surface area contributed by atoms with Crippen LogP contribution in [0.5, 0.6) is 0 Å². The van der Waals surface area contributed by atoms with Gasteiger partial charge in [0.2, 0.25) is 0 Å². The van der Waals surface area contributed by atoms with Crippen molar-refractivity contribution < 1.29 is 9.90 Å². The van der Waals surface area contributed by atoms with Gasteiger partial charge in [0.1, 0.15) is 11.7 Å². The Hall–Kier alpha value is -1.88. The summed E-state index contributed by atoms with van der Waals surface area (Å²) in [7, 11) is 0. The Morgan fingerprint density at radius 2 is 2.40 bits per heavy atom. The fraction of sp³-hybridized carbons (Fsp3) is 0.200. The maximum absolute atomic E-state index is 10.6. The molecule has 0 saturated carbocycles. The zero-order valence-corrected chi connectivity index (χ0v) is 8.00. The van der Waals surface area contributed by atoms with Crippen LogP contribution in [0.2, 0.25) is 0 Å². The number of carbonyl (C=O) groups is 1. The third kappa shape index (κ3) is 1.97. The summed E-state index contributed by atoms with van der Waals surface area (Å²) in [6, 6.07) is 4.73. The van der Waals surface area contributed by atoms with Gasteiger partial charge in [0, 0.05) is 18.8 Å². The number of carboxylic acids is 1. The van der Waals surface area contributed by atoms with Gasteiger partial charge in [-0.25, -0.2) is 4.98 Å². The first-order valence-electron chi connectivity index (χ1n) is 4.58. The monoisotopic (exact) mass is 205 g/mol. The Morgan fingerprint density at radius 3 is 3.07 bits per heavy atom. The highest BCUT2D eigenvalue weighted by atomic mass is 16.4. The van der Waals surface area contributed by atoms with Gasteiger partial charge < -0.3 is 15.2 Å². The van der Waals surface area contributed by atoms with E-state index < -0.39 is 12.0 Å². The summed E-state index contributed by atoms with van der Waals surface area (Å²) in [4.78, 5) is 14.8. The lowest BCUT2D eigenvalue weighted by Crippen LogP contribution is -2.32. The van der Waals surface area contributed by atoms with Crippen LogP contribution in [0.4, 0.5) is 0 Å². The largest absolute Gasteiger partial charge is 0.480 e. The predicted molar refractivity (Wildman–Crippen MR) is 54.5 cm³/mol. The van der Waals surface area contributed by atoms with E-state index in [1.165, 1.54) is 0 Å². The lowest BCUT2D eigenvalue weighted by molar-refractivity contribution is -0.138. The predicted octanol–water partition coefficient (Wildman–Crippen LogP) is 0.289. The number of pyridine rings is 1. The second kappa shape index (κ2) is 3.70. The summed E-state index contributed by atoms with van der Waals surface area (Å²) >= 11 is 0. The highest BCUT2D eigenvalue weighted by molar-refractivity contribution is 5.73. The molecule has 78 valence electrons. The van der Waals surface area contributed by atoms with E-state index in [-0.39, 0.29) is 6.42 Å². The van der Waals surface area contributed by atoms with Crippen molar-refractivity contribution in [1.29, 1.82) is 0 Å². The topological polar surface area (TPSA) is 80.6 Å². The van der Waals surface area contributed by atoms with Gasteiger partial charge in [-0.15, -0.1) is 0 Å². The van der Waals surface area contributed by atoms with E-state index in [9.17, 15) is 4.79 Å². The number of carboxylic acid groups (broad SMARTS) is 1. The van der Waals surface area contributed by atoms with Gasteiger partial charge in [-0.1, -0.05) is 6.07 Å². The second-order valence-corrected chi connectivity index (χ2v) is 3.35. The zero-order chi connectivity index (χ0) is 10.8. The molecule has 0 aromatic carbocycles. The first kappa shape index (κ1) is 9.67. The molecule has 2 rings (SSSR count). The fourth-order valence-electron chi connectivity index (χ4n) is 1.40. The van der Waals surface area contributed by atoms with Crippen molar-refractivity contribution in [3.63, 3.8) is 0 Å². The molecule has 1 unspecified atom stereocenters. The lowest BCUT2D eigenvalue weighted by Gasteiger charge is -2.01. The Morgan fingerprint density at radius 1 is 1.60 bits per heavy atom. The van der Waals surface area contributed by atoms with Gasteiger partial charge in [-0.05, 0) is 12.1 Å². The maximum atomic E-state index is 10.6. The van der Waals surface area contributed by atoms with Crippen molar-refractivity contribution in [2.75, 3.05) is 0 Å². The van der Waals surface area contributed by atoms with Crippen LogP contribution in [0.3, 0.4) is 0 Å². The number of fused-ring (bicyclic) bond motifs is 1. The number of rotatable bonds is 3. The number of imidazole rings is 1. The summed E-state index contributed by atoms with van der Waals surface area (Å²) in [5.41, 5.74) is 6.91. The van der Waals surface area contributed by atoms with Crippen LogP contribution in [0, 0.1) is 0 Å². The molecule has 0 saturated heterocycles. The number of hydrogen-bond acceptors (Lipinski definition) is 3. The first-order valence-corrected chi connectivity index (χ1v) is 4.58. The molecule has 0 amide bonds. The summed E-state index contributed by atoms with van der Waals surface area (Å²) in [6.45, 7) is 0. The fourth-order valence-corrected chi connectivity index (χ4v) is 1.40. The van der Waals surface area contributed by atoms with Crippen LogP contribution in [0.15, 0.2) is 30.6 Å². The molecule has 2 aromatic rings. The molecule has 2 aromatic heterocycles. The smallest absolute Gasteiger partial charge is 0.320 e. The second-order valence-electron chi connectivity index (χ2n) is 3.35. The van der Waals surface area contributed by atoms with Crippen molar-refractivity contribution in [3.05, 3.63) is 36.3 Å². The molecule has 2 heterocycles. The first-order chi connectivity index (χ1) is 7.16. The van der Waals surface area contributed by atoms with E-state index in [0.29, 0.717) is 5.69 Å². The third-order valence-electron chi connectivity index (χ3n) is 2.16. The summed E-state index contributed by atoms with van der Waals surface area (Å²) < 4.78 is 1.84. The van der Waals surface area contributed by atoms with Gasteiger partial charge >= 0.3 is 5.97 Å². The number of nitrogens with zero attached hydrogens (tertiary/aromatic N) is 2. The minimum atomic E-state index is -1.01. The molecule has 0 radical (unpaired) electrons. The number of aliphatic carboxylic acids is 1. The molecule has 0 bridgehead atoms. The molecule has 0 spiro atoms. The summed E-state index contributed by atoms with van der Waals surface area (Å²) in [5, 5.41) is 8.66. The molecule has 15 heavy (non-hydrogen) atoms. The molecule has 5 nitrogen and oxygen atoms in total. The zero-order valence-electron chi connectivity index (χ0n) is 8.00. The summed E-state index contributed by atoms with van der Waals surface area (Å²) in [6.07, 6.45) is 3.90. The minimum absolute atomic E-state index is 0.247. The van der Waals surface area contributed by atoms with Crippen LogP contribution >= 0.6 is 0 Å². The highest BCUT2D eigenvalue weighted by Gasteiger charge is 2.13. The van der Waals surface area contributed by atoms with Gasteiger partial charge in [-0.3, -0.25) is 4.79 Å². The summed E-state index contributed by atoms with van der Waals surface area (Å²) in [5.74, 6) is -1.01. The molecule has 0 aliphatic carbocycles. The van der Waals surface area contributed by atoms with Crippen molar-refractivity contribution in [3.8, 4) is 0 Å².